The molecule has 0 aromatic heterocycles. The molecule has 0 aliphatic heterocycles. The zero-order valence-electron chi connectivity index (χ0n) is 6.29. The molecule has 1 fully saturated rings. The SMILES string of the molecule is NNC(=O)[C@H]1C[C@H]2C=C[C@@H]1C2. The Balaban J connectivity index is 2.08. The van der Waals surface area contributed by atoms with Gasteiger partial charge in [0.05, 0.1) is 0 Å². The Kier molecular flexibility index (Phi) is 1.46. The lowest BCUT2D eigenvalue weighted by atomic mass is 9.93. The maximum atomic E-state index is 11.1. The van der Waals surface area contributed by atoms with Gasteiger partial charge in [-0.2, -0.15) is 0 Å². The van der Waals surface area contributed by atoms with E-state index in [0.717, 1.165) is 12.8 Å². The van der Waals surface area contributed by atoms with Gasteiger partial charge in [-0.25, -0.2) is 5.84 Å². The number of hydrogen-bond donors (Lipinski definition) is 2. The standard InChI is InChI=1S/C8H12N2O/c9-10-8(11)7-4-5-1-2-6(7)3-5/h1-2,5-7H,3-4,9H2,(H,10,11)/t5-,6+,7-/m0/s1. The van der Waals surface area contributed by atoms with Gasteiger partial charge in [-0.15, -0.1) is 0 Å². The lowest BCUT2D eigenvalue weighted by Crippen LogP contribution is -2.37. The zero-order chi connectivity index (χ0) is 7.84. The first-order valence-corrected chi connectivity index (χ1v) is 4.00. The smallest absolute Gasteiger partial charge is 0.237 e. The highest BCUT2D eigenvalue weighted by atomic mass is 16.2. The highest BCUT2D eigenvalue weighted by Crippen LogP contribution is 2.43. The number of allylic oxidation sites excluding steroid dienone is 2. The molecule has 0 radical (unpaired) electrons. The van der Waals surface area contributed by atoms with Crippen molar-refractivity contribution in [2.75, 3.05) is 0 Å². The number of amides is 1. The van der Waals surface area contributed by atoms with E-state index in [1.165, 1.54) is 0 Å². The highest BCUT2D eigenvalue weighted by Gasteiger charge is 2.39. The highest BCUT2D eigenvalue weighted by molar-refractivity contribution is 5.79. The third kappa shape index (κ3) is 0.959. The number of hydrogen-bond acceptors (Lipinski definition) is 2. The number of nitrogens with one attached hydrogen (secondary N) is 1. The Labute approximate surface area is 65.6 Å². The molecule has 0 spiro atoms. The lowest BCUT2D eigenvalue weighted by Gasteiger charge is -2.15. The second-order valence-electron chi connectivity index (χ2n) is 3.40. The van der Waals surface area contributed by atoms with E-state index >= 15 is 0 Å². The van der Waals surface area contributed by atoms with E-state index < -0.39 is 0 Å². The number of carbonyl (C=O) groups is 1. The van der Waals surface area contributed by atoms with Gasteiger partial charge in [0.2, 0.25) is 5.91 Å². The molecular weight excluding hydrogens is 140 g/mol. The summed E-state index contributed by atoms with van der Waals surface area (Å²) in [5.41, 5.74) is 2.22. The maximum Gasteiger partial charge on any atom is 0.237 e. The second kappa shape index (κ2) is 2.34. The normalized spacial score (nSPS) is 39.5. The van der Waals surface area contributed by atoms with Crippen molar-refractivity contribution >= 4 is 5.91 Å². The molecule has 60 valence electrons. The summed E-state index contributed by atoms with van der Waals surface area (Å²) in [5, 5.41) is 0. The van der Waals surface area contributed by atoms with E-state index in [1.54, 1.807) is 0 Å². The van der Waals surface area contributed by atoms with Gasteiger partial charge in [0.15, 0.2) is 0 Å². The Morgan fingerprint density at radius 3 is 2.73 bits per heavy atom. The fourth-order valence-corrected chi connectivity index (χ4v) is 2.19. The summed E-state index contributed by atoms with van der Waals surface area (Å²) in [6, 6.07) is 0. The molecule has 2 rings (SSSR count). The summed E-state index contributed by atoms with van der Waals surface area (Å²) in [6.45, 7) is 0. The summed E-state index contributed by atoms with van der Waals surface area (Å²) in [4.78, 5) is 11.1. The first-order valence-electron chi connectivity index (χ1n) is 4.00. The van der Waals surface area contributed by atoms with Gasteiger partial charge >= 0.3 is 0 Å². The van der Waals surface area contributed by atoms with Crippen molar-refractivity contribution in [3.63, 3.8) is 0 Å². The molecule has 0 saturated heterocycles. The van der Waals surface area contributed by atoms with Gasteiger partial charge in [-0.1, -0.05) is 12.2 Å². The molecule has 3 nitrogen and oxygen atoms in total. The fourth-order valence-electron chi connectivity index (χ4n) is 2.19. The lowest BCUT2D eigenvalue weighted by molar-refractivity contribution is -0.125. The van der Waals surface area contributed by atoms with E-state index in [1.807, 2.05) is 0 Å². The van der Waals surface area contributed by atoms with Crippen LogP contribution in [0.5, 0.6) is 0 Å². The van der Waals surface area contributed by atoms with Gasteiger partial charge in [0.1, 0.15) is 0 Å². The van der Waals surface area contributed by atoms with Crippen LogP contribution in [0, 0.1) is 17.8 Å². The maximum absolute atomic E-state index is 11.1. The number of rotatable bonds is 1. The van der Waals surface area contributed by atoms with Crippen molar-refractivity contribution < 1.29 is 4.79 Å². The molecule has 1 saturated carbocycles. The van der Waals surface area contributed by atoms with E-state index in [4.69, 9.17) is 5.84 Å². The predicted octanol–water partition coefficient (Wildman–Crippen LogP) is 0.188. The first-order chi connectivity index (χ1) is 5.31. The van der Waals surface area contributed by atoms with Crippen LogP contribution in [-0.4, -0.2) is 5.91 Å². The number of nitrogens with two attached hydrogens (primary N) is 1. The fraction of sp³-hybridized carbons (Fsp3) is 0.625. The molecule has 2 bridgehead atoms. The molecule has 3 N–H and O–H groups in total. The Bertz CT molecular complexity index is 212. The minimum absolute atomic E-state index is 0.00171. The molecule has 0 aromatic carbocycles. The van der Waals surface area contributed by atoms with E-state index in [9.17, 15) is 4.79 Å². The number of hydrazine groups is 1. The van der Waals surface area contributed by atoms with Crippen LogP contribution in [0.4, 0.5) is 0 Å². The number of fused-ring (bicyclic) bond motifs is 2. The van der Waals surface area contributed by atoms with Gasteiger partial charge in [-0.05, 0) is 24.7 Å². The summed E-state index contributed by atoms with van der Waals surface area (Å²) in [5.74, 6) is 6.31. The van der Waals surface area contributed by atoms with Crippen LogP contribution >= 0.6 is 0 Å². The molecule has 0 heterocycles. The molecule has 2 aliphatic carbocycles. The third-order valence-corrected chi connectivity index (χ3v) is 2.76. The average Bonchev–Trinajstić information content (AvgIpc) is 2.62. The third-order valence-electron chi connectivity index (χ3n) is 2.76. The van der Waals surface area contributed by atoms with E-state index in [2.05, 4.69) is 17.6 Å². The van der Waals surface area contributed by atoms with Crippen molar-refractivity contribution in [2.45, 2.75) is 12.8 Å². The molecule has 11 heavy (non-hydrogen) atoms. The average molecular weight is 152 g/mol. The van der Waals surface area contributed by atoms with Crippen molar-refractivity contribution in [1.82, 2.24) is 5.43 Å². The second-order valence-corrected chi connectivity index (χ2v) is 3.40. The summed E-state index contributed by atoms with van der Waals surface area (Å²) in [7, 11) is 0. The summed E-state index contributed by atoms with van der Waals surface area (Å²) >= 11 is 0. The number of carbonyl (C=O) groups excluding carboxylic acids is 1. The van der Waals surface area contributed by atoms with Crippen LogP contribution in [0.3, 0.4) is 0 Å². The molecule has 2 aliphatic rings. The van der Waals surface area contributed by atoms with Crippen molar-refractivity contribution in [3.05, 3.63) is 12.2 Å². The summed E-state index contributed by atoms with van der Waals surface area (Å²) in [6.07, 6.45) is 6.50. The van der Waals surface area contributed by atoms with Crippen molar-refractivity contribution in [3.8, 4) is 0 Å². The molecule has 3 atom stereocenters. The molecule has 0 unspecified atom stereocenters. The van der Waals surface area contributed by atoms with Crippen LogP contribution in [0.1, 0.15) is 12.8 Å². The molecule has 1 amide bonds. The topological polar surface area (TPSA) is 55.1 Å². The van der Waals surface area contributed by atoms with E-state index in [0.29, 0.717) is 11.8 Å². The minimum atomic E-state index is 0.00171. The quantitative estimate of drug-likeness (QED) is 0.244. The monoisotopic (exact) mass is 152 g/mol. The van der Waals surface area contributed by atoms with Crippen LogP contribution in [0.15, 0.2) is 12.2 Å². The van der Waals surface area contributed by atoms with Crippen LogP contribution < -0.4 is 11.3 Å². The first kappa shape index (κ1) is 6.85. The van der Waals surface area contributed by atoms with Crippen molar-refractivity contribution in [1.29, 1.82) is 0 Å². The summed E-state index contributed by atoms with van der Waals surface area (Å²) < 4.78 is 0. The van der Waals surface area contributed by atoms with Crippen LogP contribution in [0.2, 0.25) is 0 Å². The molecular formula is C8H12N2O. The van der Waals surface area contributed by atoms with Gasteiger partial charge in [-0.3, -0.25) is 10.2 Å². The Morgan fingerprint density at radius 2 is 2.27 bits per heavy atom. The molecule has 3 heteroatoms. The predicted molar refractivity (Wildman–Crippen MR) is 41.2 cm³/mol. The zero-order valence-corrected chi connectivity index (χ0v) is 6.29. The molecule has 0 aromatic rings. The van der Waals surface area contributed by atoms with Gasteiger partial charge in [0.25, 0.3) is 0 Å². The van der Waals surface area contributed by atoms with Gasteiger partial charge < -0.3 is 0 Å². The van der Waals surface area contributed by atoms with Crippen molar-refractivity contribution in [2.24, 2.45) is 23.6 Å². The minimum Gasteiger partial charge on any atom is -0.294 e. The largest absolute Gasteiger partial charge is 0.294 e. The Morgan fingerprint density at radius 1 is 1.45 bits per heavy atom. The van der Waals surface area contributed by atoms with E-state index in [-0.39, 0.29) is 11.8 Å². The van der Waals surface area contributed by atoms with Crippen LogP contribution in [-0.2, 0) is 4.79 Å². The van der Waals surface area contributed by atoms with Crippen LogP contribution in [0.25, 0.3) is 0 Å². The Hall–Kier alpha value is -0.830. The van der Waals surface area contributed by atoms with Gasteiger partial charge in [0, 0.05) is 5.92 Å².